The van der Waals surface area contributed by atoms with Crippen LogP contribution in [0.25, 0.3) is 10.2 Å². The van der Waals surface area contributed by atoms with E-state index < -0.39 is 6.04 Å². The number of nitrogens with zero attached hydrogens (tertiary/aromatic N) is 3. The maximum atomic E-state index is 13.6. The molecule has 2 aromatic rings. The van der Waals surface area contributed by atoms with Crippen LogP contribution in [0.4, 0.5) is 0 Å². The normalized spacial score (nSPS) is 18.6. The third-order valence-electron chi connectivity index (χ3n) is 5.74. The van der Waals surface area contributed by atoms with Gasteiger partial charge in [0.1, 0.15) is 16.7 Å². The average Bonchev–Trinajstić information content (AvgIpc) is 3.28. The van der Waals surface area contributed by atoms with E-state index in [-0.39, 0.29) is 17.6 Å². The number of aromatic nitrogens is 2. The molecule has 4 rings (SSSR count). The lowest BCUT2D eigenvalue weighted by Crippen LogP contribution is -2.36. The molecule has 1 atom stereocenters. The smallest absolute Gasteiger partial charge is 0.329 e. The molecule has 0 amide bonds. The molecule has 0 N–H and O–H groups in total. The standard InChI is InChI=1S/C21H29N3O3S/c1-13(2)27-21(26)14(3)24-17(12-23-10-6-7-11-23)22-19-18(20(24)25)15-8-4-5-9-16(15)28-19/h13-14H,4-12H2,1-3H3. The lowest BCUT2D eigenvalue weighted by molar-refractivity contribution is -0.151. The summed E-state index contributed by atoms with van der Waals surface area (Å²) >= 11 is 1.67. The van der Waals surface area contributed by atoms with Crippen molar-refractivity contribution in [2.75, 3.05) is 13.1 Å². The Morgan fingerprint density at radius 1 is 1.14 bits per heavy atom. The number of thiophene rings is 1. The van der Waals surface area contributed by atoms with Gasteiger partial charge in [0, 0.05) is 4.88 Å². The number of likely N-dealkylation sites (tertiary alicyclic amines) is 1. The van der Waals surface area contributed by atoms with Gasteiger partial charge in [-0.3, -0.25) is 14.3 Å². The maximum Gasteiger partial charge on any atom is 0.329 e. The first-order valence-corrected chi connectivity index (χ1v) is 11.3. The summed E-state index contributed by atoms with van der Waals surface area (Å²) in [6.45, 7) is 8.04. The van der Waals surface area contributed by atoms with Gasteiger partial charge in [0.15, 0.2) is 0 Å². The lowest BCUT2D eigenvalue weighted by Gasteiger charge is -2.22. The summed E-state index contributed by atoms with van der Waals surface area (Å²) < 4.78 is 7.02. The minimum absolute atomic E-state index is 0.0770. The van der Waals surface area contributed by atoms with Crippen molar-refractivity contribution in [3.8, 4) is 0 Å². The number of fused-ring (bicyclic) bond motifs is 3. The Hall–Kier alpha value is -1.73. The highest BCUT2D eigenvalue weighted by molar-refractivity contribution is 7.18. The summed E-state index contributed by atoms with van der Waals surface area (Å²) in [5.74, 6) is 0.316. The maximum absolute atomic E-state index is 13.6. The second-order valence-corrected chi connectivity index (χ2v) is 9.32. The number of rotatable bonds is 5. The van der Waals surface area contributed by atoms with E-state index in [4.69, 9.17) is 9.72 Å². The summed E-state index contributed by atoms with van der Waals surface area (Å²) in [4.78, 5) is 35.6. The second kappa shape index (κ2) is 7.95. The van der Waals surface area contributed by atoms with Crippen LogP contribution < -0.4 is 5.56 Å². The molecule has 2 aromatic heterocycles. The topological polar surface area (TPSA) is 64.4 Å². The van der Waals surface area contributed by atoms with Crippen LogP contribution in [-0.2, 0) is 28.9 Å². The quantitative estimate of drug-likeness (QED) is 0.716. The number of hydrogen-bond acceptors (Lipinski definition) is 6. The van der Waals surface area contributed by atoms with Crippen molar-refractivity contribution >= 4 is 27.5 Å². The molecular weight excluding hydrogens is 374 g/mol. The van der Waals surface area contributed by atoms with Crippen LogP contribution in [0.15, 0.2) is 4.79 Å². The Morgan fingerprint density at radius 3 is 2.57 bits per heavy atom. The molecule has 0 radical (unpaired) electrons. The van der Waals surface area contributed by atoms with Crippen molar-refractivity contribution in [2.24, 2.45) is 0 Å². The van der Waals surface area contributed by atoms with Crippen LogP contribution in [0, 0.1) is 0 Å². The summed E-state index contributed by atoms with van der Waals surface area (Å²) in [5.41, 5.74) is 1.08. The van der Waals surface area contributed by atoms with Crippen LogP contribution in [0.5, 0.6) is 0 Å². The highest BCUT2D eigenvalue weighted by atomic mass is 32.1. The molecule has 3 heterocycles. The number of carbonyl (C=O) groups excluding carboxylic acids is 1. The molecule has 0 aromatic carbocycles. The van der Waals surface area contributed by atoms with Gasteiger partial charge >= 0.3 is 5.97 Å². The number of carbonyl (C=O) groups is 1. The van der Waals surface area contributed by atoms with Crippen LogP contribution in [0.1, 0.15) is 68.8 Å². The molecule has 2 aliphatic rings. The van der Waals surface area contributed by atoms with Crippen LogP contribution in [0.2, 0.25) is 0 Å². The Balaban J connectivity index is 1.84. The molecule has 0 bridgehead atoms. The third kappa shape index (κ3) is 3.62. The van der Waals surface area contributed by atoms with Gasteiger partial charge in [0.25, 0.3) is 5.56 Å². The van der Waals surface area contributed by atoms with Gasteiger partial charge in [0.05, 0.1) is 18.0 Å². The monoisotopic (exact) mass is 403 g/mol. The highest BCUT2D eigenvalue weighted by Gasteiger charge is 2.28. The Labute approximate surface area is 169 Å². The van der Waals surface area contributed by atoms with Crippen LogP contribution in [0.3, 0.4) is 0 Å². The molecule has 6 nitrogen and oxygen atoms in total. The van der Waals surface area contributed by atoms with Gasteiger partial charge in [-0.25, -0.2) is 9.78 Å². The van der Waals surface area contributed by atoms with E-state index in [1.165, 1.54) is 24.1 Å². The van der Waals surface area contributed by atoms with E-state index in [0.29, 0.717) is 12.4 Å². The number of esters is 1. The lowest BCUT2D eigenvalue weighted by atomic mass is 9.97. The molecule has 7 heteroatoms. The van der Waals surface area contributed by atoms with Gasteiger partial charge in [-0.05, 0) is 77.9 Å². The number of hydrogen-bond donors (Lipinski definition) is 0. The van der Waals surface area contributed by atoms with Gasteiger partial charge < -0.3 is 4.74 Å². The number of aryl methyl sites for hydroxylation is 2. The highest BCUT2D eigenvalue weighted by Crippen LogP contribution is 2.34. The zero-order valence-corrected chi connectivity index (χ0v) is 17.8. The minimum atomic E-state index is -0.677. The fraction of sp³-hybridized carbons (Fsp3) is 0.667. The van der Waals surface area contributed by atoms with Gasteiger partial charge in [-0.2, -0.15) is 0 Å². The minimum Gasteiger partial charge on any atom is -0.461 e. The van der Waals surface area contributed by atoms with Gasteiger partial charge in [-0.1, -0.05) is 0 Å². The fourth-order valence-electron chi connectivity index (χ4n) is 4.35. The number of ether oxygens (including phenoxy) is 1. The summed E-state index contributed by atoms with van der Waals surface area (Å²) in [6.07, 6.45) is 6.38. The van der Waals surface area contributed by atoms with Gasteiger partial charge in [0.2, 0.25) is 0 Å². The zero-order valence-electron chi connectivity index (χ0n) is 17.0. The van der Waals surface area contributed by atoms with Crippen molar-refractivity contribution in [1.82, 2.24) is 14.5 Å². The molecule has 1 aliphatic carbocycles. The molecule has 1 unspecified atom stereocenters. The summed E-state index contributed by atoms with van der Waals surface area (Å²) in [5, 5.41) is 0.731. The molecule has 1 fully saturated rings. The molecular formula is C21H29N3O3S. The van der Waals surface area contributed by atoms with Crippen LogP contribution in [-0.4, -0.2) is 39.6 Å². The molecule has 1 aliphatic heterocycles. The van der Waals surface area contributed by atoms with E-state index in [1.54, 1.807) is 22.8 Å². The van der Waals surface area contributed by atoms with Crippen molar-refractivity contribution in [2.45, 2.75) is 78.0 Å². The van der Waals surface area contributed by atoms with Gasteiger partial charge in [-0.15, -0.1) is 11.3 Å². The predicted octanol–water partition coefficient (Wildman–Crippen LogP) is 3.45. The Bertz CT molecular complexity index is 940. The molecule has 152 valence electrons. The first-order chi connectivity index (χ1) is 13.5. The fourth-order valence-corrected chi connectivity index (χ4v) is 5.62. The SMILES string of the molecule is CC(C)OC(=O)C(C)n1c(CN2CCCC2)nc2sc3c(c2c1=O)CCCC3. The van der Waals surface area contributed by atoms with E-state index >= 15 is 0 Å². The molecule has 28 heavy (non-hydrogen) atoms. The van der Waals surface area contributed by atoms with Crippen molar-refractivity contribution in [3.63, 3.8) is 0 Å². The van der Waals surface area contributed by atoms with E-state index in [1.807, 2.05) is 13.8 Å². The van der Waals surface area contributed by atoms with E-state index in [9.17, 15) is 9.59 Å². The third-order valence-corrected chi connectivity index (χ3v) is 6.92. The van der Waals surface area contributed by atoms with E-state index in [0.717, 1.165) is 48.1 Å². The predicted molar refractivity (Wildman–Crippen MR) is 111 cm³/mol. The summed E-state index contributed by atoms with van der Waals surface area (Å²) in [7, 11) is 0. The first-order valence-electron chi connectivity index (χ1n) is 10.4. The van der Waals surface area contributed by atoms with Crippen LogP contribution >= 0.6 is 11.3 Å². The molecule has 0 saturated carbocycles. The van der Waals surface area contributed by atoms with Crippen molar-refractivity contribution in [3.05, 3.63) is 26.6 Å². The van der Waals surface area contributed by atoms with Crippen molar-refractivity contribution in [1.29, 1.82) is 0 Å². The molecule has 0 spiro atoms. The molecule has 1 saturated heterocycles. The second-order valence-electron chi connectivity index (χ2n) is 8.24. The Morgan fingerprint density at radius 2 is 1.86 bits per heavy atom. The zero-order chi connectivity index (χ0) is 19.8. The first kappa shape index (κ1) is 19.6. The summed E-state index contributed by atoms with van der Waals surface area (Å²) in [6, 6.07) is -0.677. The Kier molecular flexibility index (Phi) is 5.56. The van der Waals surface area contributed by atoms with E-state index in [2.05, 4.69) is 4.90 Å². The van der Waals surface area contributed by atoms with Crippen molar-refractivity contribution < 1.29 is 9.53 Å². The largest absolute Gasteiger partial charge is 0.461 e. The average molecular weight is 404 g/mol.